The van der Waals surface area contributed by atoms with E-state index in [0.717, 1.165) is 53.4 Å². The second-order valence-electron chi connectivity index (χ2n) is 6.75. The number of thiophene rings is 1. The van der Waals surface area contributed by atoms with Gasteiger partial charge in [-0.1, -0.05) is 5.21 Å². The van der Waals surface area contributed by atoms with Crippen LogP contribution in [0, 0.1) is 25.2 Å². The largest absolute Gasteiger partial charge is 0.315 e. The molecule has 0 aliphatic heterocycles. The third kappa shape index (κ3) is 2.86. The lowest BCUT2D eigenvalue weighted by molar-refractivity contribution is -0.116. The van der Waals surface area contributed by atoms with Gasteiger partial charge in [-0.2, -0.15) is 5.26 Å². The molecule has 0 bridgehead atoms. The average molecular weight is 365 g/mol. The normalized spacial score (nSPS) is 13.4. The van der Waals surface area contributed by atoms with Crippen molar-refractivity contribution in [1.82, 2.24) is 15.0 Å². The van der Waals surface area contributed by atoms with E-state index in [1.54, 1.807) is 4.68 Å². The molecule has 0 atom stereocenters. The number of nitrogens with zero attached hydrogens (tertiary/aromatic N) is 4. The number of amides is 1. The first kappa shape index (κ1) is 16.7. The van der Waals surface area contributed by atoms with Crippen LogP contribution in [0.3, 0.4) is 0 Å². The highest BCUT2D eigenvalue weighted by molar-refractivity contribution is 7.16. The van der Waals surface area contributed by atoms with Gasteiger partial charge in [0.25, 0.3) is 0 Å². The summed E-state index contributed by atoms with van der Waals surface area (Å²) in [7, 11) is 0. The Bertz CT molecular complexity index is 1060. The molecule has 1 amide bonds. The summed E-state index contributed by atoms with van der Waals surface area (Å²) in [5.74, 6) is -0.190. The van der Waals surface area contributed by atoms with Gasteiger partial charge in [-0.05, 0) is 68.4 Å². The van der Waals surface area contributed by atoms with Gasteiger partial charge in [0.1, 0.15) is 23.1 Å². The quantitative estimate of drug-likeness (QED) is 0.770. The fourth-order valence-electron chi connectivity index (χ4n) is 3.41. The van der Waals surface area contributed by atoms with Crippen molar-refractivity contribution in [3.63, 3.8) is 0 Å². The van der Waals surface area contributed by atoms with Crippen molar-refractivity contribution in [2.45, 2.75) is 46.1 Å². The standard InChI is InChI=1S/C19H19N5OS/c1-11-7-15-16(8-12(11)2)24(23-22-15)10-18(25)21-19-14(9-20)13-5-3-4-6-17(13)26-19/h7-8H,3-6,10H2,1-2H3,(H,21,25). The number of carbonyl (C=O) groups is 1. The third-order valence-electron chi connectivity index (χ3n) is 4.96. The molecule has 1 aliphatic carbocycles. The number of nitrogens with one attached hydrogen (secondary N) is 1. The summed E-state index contributed by atoms with van der Waals surface area (Å²) in [6, 6.07) is 6.25. The van der Waals surface area contributed by atoms with E-state index in [1.165, 1.54) is 16.2 Å². The summed E-state index contributed by atoms with van der Waals surface area (Å²) in [6.07, 6.45) is 4.18. The van der Waals surface area contributed by atoms with E-state index in [9.17, 15) is 10.1 Å². The molecule has 7 heteroatoms. The summed E-state index contributed by atoms with van der Waals surface area (Å²) < 4.78 is 1.61. The van der Waals surface area contributed by atoms with Crippen molar-refractivity contribution >= 4 is 33.3 Å². The van der Waals surface area contributed by atoms with Gasteiger partial charge >= 0.3 is 0 Å². The Morgan fingerprint density at radius 2 is 2.08 bits per heavy atom. The summed E-state index contributed by atoms with van der Waals surface area (Å²) in [5.41, 5.74) is 5.67. The maximum Gasteiger partial charge on any atom is 0.246 e. The van der Waals surface area contributed by atoms with E-state index in [1.807, 2.05) is 26.0 Å². The van der Waals surface area contributed by atoms with Crippen molar-refractivity contribution in [3.05, 3.63) is 39.3 Å². The highest BCUT2D eigenvalue weighted by Crippen LogP contribution is 2.37. The van der Waals surface area contributed by atoms with Crippen LogP contribution in [-0.4, -0.2) is 20.9 Å². The maximum absolute atomic E-state index is 12.6. The van der Waals surface area contributed by atoms with Gasteiger partial charge in [-0.15, -0.1) is 16.4 Å². The number of benzene rings is 1. The van der Waals surface area contributed by atoms with E-state index >= 15 is 0 Å². The molecule has 26 heavy (non-hydrogen) atoms. The topological polar surface area (TPSA) is 83.6 Å². The lowest BCUT2D eigenvalue weighted by atomic mass is 9.96. The summed E-state index contributed by atoms with van der Waals surface area (Å²) >= 11 is 1.54. The van der Waals surface area contributed by atoms with Crippen molar-refractivity contribution in [1.29, 1.82) is 5.26 Å². The van der Waals surface area contributed by atoms with E-state index < -0.39 is 0 Å². The fraction of sp³-hybridized carbons (Fsp3) is 0.368. The summed E-state index contributed by atoms with van der Waals surface area (Å²) in [5, 5.41) is 21.4. The maximum atomic E-state index is 12.6. The molecule has 2 heterocycles. The zero-order valence-electron chi connectivity index (χ0n) is 14.8. The average Bonchev–Trinajstić information content (AvgIpc) is 3.16. The second-order valence-corrected chi connectivity index (χ2v) is 7.85. The highest BCUT2D eigenvalue weighted by atomic mass is 32.1. The molecule has 1 aliphatic rings. The van der Waals surface area contributed by atoms with Crippen LogP contribution < -0.4 is 5.32 Å². The number of hydrogen-bond donors (Lipinski definition) is 1. The van der Waals surface area contributed by atoms with E-state index in [0.29, 0.717) is 10.6 Å². The van der Waals surface area contributed by atoms with Crippen LogP contribution in [0.2, 0.25) is 0 Å². The van der Waals surface area contributed by atoms with Gasteiger partial charge in [0, 0.05) is 4.88 Å². The predicted molar refractivity (Wildman–Crippen MR) is 101 cm³/mol. The molecule has 1 N–H and O–H groups in total. The van der Waals surface area contributed by atoms with Crippen LogP contribution in [-0.2, 0) is 24.2 Å². The Balaban J connectivity index is 1.58. The zero-order chi connectivity index (χ0) is 18.3. The number of aryl methyl sites for hydroxylation is 3. The highest BCUT2D eigenvalue weighted by Gasteiger charge is 2.22. The molecule has 132 valence electrons. The fourth-order valence-corrected chi connectivity index (χ4v) is 4.67. The van der Waals surface area contributed by atoms with Crippen LogP contribution in [0.25, 0.3) is 11.0 Å². The molecule has 2 aromatic heterocycles. The van der Waals surface area contributed by atoms with Gasteiger partial charge in [-0.25, -0.2) is 4.68 Å². The number of rotatable bonds is 3. The van der Waals surface area contributed by atoms with Crippen LogP contribution in [0.1, 0.15) is 40.0 Å². The number of nitriles is 1. The molecule has 0 saturated heterocycles. The van der Waals surface area contributed by atoms with Crippen molar-refractivity contribution in [3.8, 4) is 6.07 Å². The van der Waals surface area contributed by atoms with Crippen LogP contribution in [0.5, 0.6) is 0 Å². The van der Waals surface area contributed by atoms with Gasteiger partial charge in [-0.3, -0.25) is 4.79 Å². The third-order valence-corrected chi connectivity index (χ3v) is 6.17. The molecule has 0 fully saturated rings. The Morgan fingerprint density at radius 3 is 2.88 bits per heavy atom. The van der Waals surface area contributed by atoms with Gasteiger partial charge in [0.2, 0.25) is 5.91 Å². The van der Waals surface area contributed by atoms with E-state index in [2.05, 4.69) is 21.7 Å². The number of anilines is 1. The van der Waals surface area contributed by atoms with E-state index in [4.69, 9.17) is 0 Å². The first-order chi connectivity index (χ1) is 12.6. The molecule has 0 radical (unpaired) electrons. The molecule has 6 nitrogen and oxygen atoms in total. The summed E-state index contributed by atoms with van der Waals surface area (Å²) in [6.45, 7) is 4.14. The molecule has 4 rings (SSSR count). The Morgan fingerprint density at radius 1 is 1.31 bits per heavy atom. The Labute approximate surface area is 155 Å². The molecular weight excluding hydrogens is 346 g/mol. The number of hydrogen-bond acceptors (Lipinski definition) is 5. The molecule has 0 saturated carbocycles. The second kappa shape index (κ2) is 6.54. The Hall–Kier alpha value is -2.72. The minimum absolute atomic E-state index is 0.0758. The molecule has 0 unspecified atom stereocenters. The first-order valence-corrected chi connectivity index (χ1v) is 9.53. The monoisotopic (exact) mass is 365 g/mol. The van der Waals surface area contributed by atoms with Crippen LogP contribution >= 0.6 is 11.3 Å². The Kier molecular flexibility index (Phi) is 4.21. The SMILES string of the molecule is Cc1cc2nnn(CC(=O)Nc3sc4c(c3C#N)CCCC4)c2cc1C. The predicted octanol–water partition coefficient (Wildman–Crippen LogP) is 3.50. The number of carbonyl (C=O) groups excluding carboxylic acids is 1. The number of aromatic nitrogens is 3. The van der Waals surface area contributed by atoms with Gasteiger partial charge < -0.3 is 5.32 Å². The molecule has 1 aromatic carbocycles. The molecule has 3 aromatic rings. The minimum Gasteiger partial charge on any atom is -0.315 e. The first-order valence-electron chi connectivity index (χ1n) is 8.71. The lowest BCUT2D eigenvalue weighted by Crippen LogP contribution is -2.19. The van der Waals surface area contributed by atoms with Gasteiger partial charge in [0.05, 0.1) is 11.1 Å². The molecular formula is C19H19N5OS. The molecule has 0 spiro atoms. The van der Waals surface area contributed by atoms with Gasteiger partial charge in [0.15, 0.2) is 0 Å². The van der Waals surface area contributed by atoms with Crippen molar-refractivity contribution in [2.75, 3.05) is 5.32 Å². The summed E-state index contributed by atoms with van der Waals surface area (Å²) in [4.78, 5) is 13.8. The smallest absolute Gasteiger partial charge is 0.246 e. The minimum atomic E-state index is -0.190. The van der Waals surface area contributed by atoms with Crippen LogP contribution in [0.4, 0.5) is 5.00 Å². The van der Waals surface area contributed by atoms with Crippen molar-refractivity contribution in [2.24, 2.45) is 0 Å². The van der Waals surface area contributed by atoms with Crippen LogP contribution in [0.15, 0.2) is 12.1 Å². The lowest BCUT2D eigenvalue weighted by Gasteiger charge is -2.09. The number of fused-ring (bicyclic) bond motifs is 2. The van der Waals surface area contributed by atoms with Crippen molar-refractivity contribution < 1.29 is 4.79 Å². The zero-order valence-corrected chi connectivity index (χ0v) is 15.6. The van der Waals surface area contributed by atoms with E-state index in [-0.39, 0.29) is 12.5 Å².